The molecule has 1 fully saturated rings. The van der Waals surface area contributed by atoms with Crippen LogP contribution in [0.15, 0.2) is 60.0 Å². The van der Waals surface area contributed by atoms with Gasteiger partial charge < -0.3 is 20.3 Å². The van der Waals surface area contributed by atoms with Gasteiger partial charge in [-0.1, -0.05) is 36.4 Å². The van der Waals surface area contributed by atoms with Gasteiger partial charge in [-0.05, 0) is 30.2 Å². The van der Waals surface area contributed by atoms with Crippen molar-refractivity contribution in [2.24, 2.45) is 11.7 Å². The first-order valence-corrected chi connectivity index (χ1v) is 9.15. The van der Waals surface area contributed by atoms with Gasteiger partial charge in [0.15, 0.2) is 17.7 Å². The van der Waals surface area contributed by atoms with Gasteiger partial charge >= 0.3 is 0 Å². The minimum absolute atomic E-state index is 0.0338. The molecule has 0 radical (unpaired) electrons. The minimum atomic E-state index is -0.334. The molecule has 0 aromatic heterocycles. The number of nitrogens with one attached hydrogen (secondary N) is 2. The number of aromatic hydroxyl groups is 1. The Kier molecular flexibility index (Phi) is 4.82. The second-order valence-electron chi connectivity index (χ2n) is 7.06. The monoisotopic (exact) mass is 378 g/mol. The average molecular weight is 378 g/mol. The molecule has 0 bridgehead atoms. The average Bonchev–Trinajstić information content (AvgIpc) is 3.07. The summed E-state index contributed by atoms with van der Waals surface area (Å²) in [4.78, 5) is 0. The van der Waals surface area contributed by atoms with E-state index in [1.54, 1.807) is 18.2 Å². The summed E-state index contributed by atoms with van der Waals surface area (Å²) in [5.41, 5.74) is 14.5. The molecular weight excluding hydrogens is 356 g/mol. The van der Waals surface area contributed by atoms with Gasteiger partial charge in [0.2, 0.25) is 5.88 Å². The number of ether oxygens (including phenoxy) is 2. The predicted octanol–water partition coefficient (Wildman–Crippen LogP) is 2.22. The van der Waals surface area contributed by atoms with Crippen molar-refractivity contribution in [2.75, 3.05) is 0 Å². The maximum Gasteiger partial charge on any atom is 0.200 e. The highest BCUT2D eigenvalue weighted by molar-refractivity contribution is 5.48. The maximum absolute atomic E-state index is 10.2. The molecule has 7 heteroatoms. The Bertz CT molecular complexity index is 938. The topological polar surface area (TPSA) is 113 Å². The SMILES string of the molecule is CC1NNC2OC(N)=C(C#N)C(c3ccc(O)c(OCc4ccccc4)c3)C12. The lowest BCUT2D eigenvalue weighted by Gasteiger charge is -2.35. The highest BCUT2D eigenvalue weighted by Gasteiger charge is 2.47. The summed E-state index contributed by atoms with van der Waals surface area (Å²) < 4.78 is 11.5. The zero-order chi connectivity index (χ0) is 19.7. The fourth-order valence-electron chi connectivity index (χ4n) is 3.87. The number of phenolic OH excluding ortho intramolecular Hbond substituents is 1. The Morgan fingerprint density at radius 2 is 2.00 bits per heavy atom. The quantitative estimate of drug-likeness (QED) is 0.645. The Morgan fingerprint density at radius 3 is 2.75 bits per heavy atom. The molecule has 5 N–H and O–H groups in total. The Balaban J connectivity index is 1.67. The van der Waals surface area contributed by atoms with Crippen LogP contribution in [0.4, 0.5) is 0 Å². The summed E-state index contributed by atoms with van der Waals surface area (Å²) in [7, 11) is 0. The molecule has 4 unspecified atom stereocenters. The molecule has 2 aromatic carbocycles. The lowest BCUT2D eigenvalue weighted by molar-refractivity contribution is 0.0350. The Morgan fingerprint density at radius 1 is 1.21 bits per heavy atom. The third-order valence-electron chi connectivity index (χ3n) is 5.30. The van der Waals surface area contributed by atoms with Crippen LogP contribution in [0.3, 0.4) is 0 Å². The van der Waals surface area contributed by atoms with E-state index < -0.39 is 0 Å². The summed E-state index contributed by atoms with van der Waals surface area (Å²) in [6.45, 7) is 2.36. The number of nitriles is 1. The number of fused-ring (bicyclic) bond motifs is 1. The molecule has 2 aromatic rings. The molecule has 0 saturated carbocycles. The van der Waals surface area contributed by atoms with Gasteiger partial charge in [-0.25, -0.2) is 5.43 Å². The molecule has 0 spiro atoms. The zero-order valence-corrected chi connectivity index (χ0v) is 15.4. The first-order valence-electron chi connectivity index (χ1n) is 9.15. The first-order chi connectivity index (χ1) is 13.6. The van der Waals surface area contributed by atoms with Crippen LogP contribution in [0.5, 0.6) is 11.5 Å². The fraction of sp³-hybridized carbons (Fsp3) is 0.286. The maximum atomic E-state index is 10.2. The summed E-state index contributed by atoms with van der Waals surface area (Å²) in [5, 5.41) is 19.9. The van der Waals surface area contributed by atoms with E-state index in [1.165, 1.54) is 0 Å². The highest BCUT2D eigenvalue weighted by Crippen LogP contribution is 2.44. The number of rotatable bonds is 4. The van der Waals surface area contributed by atoms with E-state index in [0.29, 0.717) is 17.9 Å². The first kappa shape index (κ1) is 18.2. The molecule has 2 aliphatic rings. The summed E-state index contributed by atoms with van der Waals surface area (Å²) in [6.07, 6.45) is -0.334. The molecular formula is C21H22N4O3. The lowest BCUT2D eigenvalue weighted by atomic mass is 9.76. The van der Waals surface area contributed by atoms with Gasteiger partial charge in [-0.3, -0.25) is 5.43 Å². The van der Waals surface area contributed by atoms with Crippen molar-refractivity contribution < 1.29 is 14.6 Å². The van der Waals surface area contributed by atoms with E-state index in [4.69, 9.17) is 15.2 Å². The highest BCUT2D eigenvalue weighted by atomic mass is 16.5. The number of allylic oxidation sites excluding steroid dienone is 1. The van der Waals surface area contributed by atoms with Crippen LogP contribution < -0.4 is 21.3 Å². The number of phenols is 1. The Labute approximate surface area is 163 Å². The summed E-state index contributed by atoms with van der Waals surface area (Å²) >= 11 is 0. The van der Waals surface area contributed by atoms with E-state index >= 15 is 0 Å². The molecule has 0 aliphatic carbocycles. The largest absolute Gasteiger partial charge is 0.504 e. The second-order valence-corrected chi connectivity index (χ2v) is 7.06. The number of nitrogens with two attached hydrogens (primary N) is 1. The fourth-order valence-corrected chi connectivity index (χ4v) is 3.87. The molecule has 4 rings (SSSR count). The third-order valence-corrected chi connectivity index (χ3v) is 5.30. The normalized spacial score (nSPS) is 26.3. The van der Waals surface area contributed by atoms with Crippen molar-refractivity contribution in [3.05, 3.63) is 71.1 Å². The number of nitrogens with zero attached hydrogens (tertiary/aromatic N) is 1. The molecule has 0 amide bonds. The van der Waals surface area contributed by atoms with E-state index in [0.717, 1.165) is 11.1 Å². The van der Waals surface area contributed by atoms with Gasteiger partial charge in [0.25, 0.3) is 0 Å². The summed E-state index contributed by atoms with van der Waals surface area (Å²) in [5.74, 6) is 0.229. The van der Waals surface area contributed by atoms with Gasteiger partial charge in [0.05, 0.1) is 5.57 Å². The summed E-state index contributed by atoms with van der Waals surface area (Å²) in [6, 6.07) is 17.2. The lowest BCUT2D eigenvalue weighted by Crippen LogP contribution is -2.41. The molecule has 2 heterocycles. The second kappa shape index (κ2) is 7.43. The van der Waals surface area contributed by atoms with Crippen LogP contribution in [-0.4, -0.2) is 17.4 Å². The van der Waals surface area contributed by atoms with Crippen LogP contribution in [-0.2, 0) is 11.3 Å². The van der Waals surface area contributed by atoms with Crippen LogP contribution in [0.2, 0.25) is 0 Å². The van der Waals surface area contributed by atoms with Gasteiger partial charge in [0.1, 0.15) is 12.7 Å². The minimum Gasteiger partial charge on any atom is -0.504 e. The van der Waals surface area contributed by atoms with Crippen LogP contribution in [0, 0.1) is 17.2 Å². The Hall–Kier alpha value is -3.21. The molecule has 2 aliphatic heterocycles. The smallest absolute Gasteiger partial charge is 0.200 e. The standard InChI is InChI=1S/C21H22N4O3/c1-12-18-19(15(10-22)20(23)28-21(18)25-24-12)14-7-8-16(26)17(9-14)27-11-13-5-3-2-4-6-13/h2-9,12,18-19,21,24-26H,11,23H2,1H3. The van der Waals surface area contributed by atoms with E-state index in [1.807, 2.05) is 37.3 Å². The van der Waals surface area contributed by atoms with E-state index in [2.05, 4.69) is 16.9 Å². The molecule has 1 saturated heterocycles. The van der Waals surface area contributed by atoms with Crippen molar-refractivity contribution in [1.29, 1.82) is 5.26 Å². The van der Waals surface area contributed by atoms with Gasteiger partial charge in [-0.2, -0.15) is 5.26 Å². The van der Waals surface area contributed by atoms with Crippen molar-refractivity contribution in [1.82, 2.24) is 10.9 Å². The number of benzene rings is 2. The molecule has 144 valence electrons. The van der Waals surface area contributed by atoms with Gasteiger partial charge in [-0.15, -0.1) is 0 Å². The van der Waals surface area contributed by atoms with Crippen molar-refractivity contribution >= 4 is 0 Å². The number of hydrogen-bond donors (Lipinski definition) is 4. The number of hydrogen-bond acceptors (Lipinski definition) is 7. The third kappa shape index (κ3) is 3.24. The van der Waals surface area contributed by atoms with Gasteiger partial charge in [0, 0.05) is 17.9 Å². The van der Waals surface area contributed by atoms with Crippen molar-refractivity contribution in [3.63, 3.8) is 0 Å². The van der Waals surface area contributed by atoms with E-state index in [-0.39, 0.29) is 35.7 Å². The van der Waals surface area contributed by atoms with Crippen LogP contribution >= 0.6 is 0 Å². The zero-order valence-electron chi connectivity index (χ0n) is 15.4. The van der Waals surface area contributed by atoms with E-state index in [9.17, 15) is 10.4 Å². The predicted molar refractivity (Wildman–Crippen MR) is 103 cm³/mol. The van der Waals surface area contributed by atoms with Crippen LogP contribution in [0.25, 0.3) is 0 Å². The van der Waals surface area contributed by atoms with Crippen molar-refractivity contribution in [2.45, 2.75) is 31.7 Å². The van der Waals surface area contributed by atoms with Crippen molar-refractivity contribution in [3.8, 4) is 17.6 Å². The molecule has 7 nitrogen and oxygen atoms in total. The molecule has 4 atom stereocenters. The van der Waals surface area contributed by atoms with Crippen LogP contribution in [0.1, 0.15) is 24.0 Å². The number of hydrazine groups is 1. The molecule has 28 heavy (non-hydrogen) atoms.